The zero-order chi connectivity index (χ0) is 11.4. The number of methoxy groups -OCH3 is 1. The molecule has 0 aliphatic heterocycles. The van der Waals surface area contributed by atoms with E-state index in [9.17, 15) is 4.79 Å². The number of rotatable bonds is 3. The Morgan fingerprint density at radius 1 is 1.38 bits per heavy atom. The first-order chi connectivity index (χ1) is 7.79. The van der Waals surface area contributed by atoms with Crippen molar-refractivity contribution in [1.29, 1.82) is 0 Å². The maximum Gasteiger partial charge on any atom is 0.343 e. The van der Waals surface area contributed by atoms with Crippen molar-refractivity contribution in [3.8, 4) is 5.75 Å². The Hall–Kier alpha value is -2.10. The number of benzene rings is 1. The van der Waals surface area contributed by atoms with Crippen LogP contribution >= 0.6 is 0 Å². The third kappa shape index (κ3) is 2.28. The maximum atomic E-state index is 10.9. The van der Waals surface area contributed by atoms with Gasteiger partial charge in [-0.3, -0.25) is 4.98 Å². The minimum Gasteiger partial charge on any atom is -0.482 e. The van der Waals surface area contributed by atoms with Crippen LogP contribution in [0.15, 0.2) is 36.5 Å². The summed E-state index contributed by atoms with van der Waals surface area (Å²) in [5.74, 6) is 0.234. The zero-order valence-corrected chi connectivity index (χ0v) is 8.84. The summed E-state index contributed by atoms with van der Waals surface area (Å²) in [4.78, 5) is 15.1. The number of carbonyl (C=O) groups is 1. The number of pyridine rings is 1. The van der Waals surface area contributed by atoms with Gasteiger partial charge in [0.15, 0.2) is 6.61 Å². The SMILES string of the molecule is COC(=O)COc1ccc2ncccc2c1. The van der Waals surface area contributed by atoms with E-state index in [1.807, 2.05) is 24.3 Å². The summed E-state index contributed by atoms with van der Waals surface area (Å²) in [5.41, 5.74) is 0.896. The van der Waals surface area contributed by atoms with Crippen molar-refractivity contribution in [2.24, 2.45) is 0 Å². The summed E-state index contributed by atoms with van der Waals surface area (Å²) < 4.78 is 9.75. The number of hydrogen-bond donors (Lipinski definition) is 0. The highest BCUT2D eigenvalue weighted by Gasteiger charge is 2.02. The Bertz CT molecular complexity index is 510. The monoisotopic (exact) mass is 217 g/mol. The first-order valence-electron chi connectivity index (χ1n) is 4.84. The molecule has 1 heterocycles. The maximum absolute atomic E-state index is 10.9. The fraction of sp³-hybridized carbons (Fsp3) is 0.167. The lowest BCUT2D eigenvalue weighted by atomic mass is 10.2. The highest BCUT2D eigenvalue weighted by atomic mass is 16.6. The van der Waals surface area contributed by atoms with Crippen molar-refractivity contribution in [2.45, 2.75) is 0 Å². The minimum atomic E-state index is -0.397. The normalized spacial score (nSPS) is 10.1. The number of esters is 1. The second-order valence-electron chi connectivity index (χ2n) is 3.22. The van der Waals surface area contributed by atoms with Crippen LogP contribution in [0.5, 0.6) is 5.75 Å². The Morgan fingerprint density at radius 2 is 2.25 bits per heavy atom. The number of nitrogens with zero attached hydrogens (tertiary/aromatic N) is 1. The van der Waals surface area contributed by atoms with E-state index in [1.165, 1.54) is 7.11 Å². The van der Waals surface area contributed by atoms with Gasteiger partial charge in [0.2, 0.25) is 0 Å². The summed E-state index contributed by atoms with van der Waals surface area (Å²) in [5, 5.41) is 0.977. The fourth-order valence-electron chi connectivity index (χ4n) is 1.34. The fourth-order valence-corrected chi connectivity index (χ4v) is 1.34. The number of carbonyl (C=O) groups excluding carboxylic acids is 1. The van der Waals surface area contributed by atoms with Crippen LogP contribution < -0.4 is 4.74 Å². The molecule has 0 amide bonds. The van der Waals surface area contributed by atoms with E-state index in [0.29, 0.717) is 5.75 Å². The van der Waals surface area contributed by atoms with Crippen LogP contribution in [0.4, 0.5) is 0 Å². The first-order valence-corrected chi connectivity index (χ1v) is 4.84. The van der Waals surface area contributed by atoms with Crippen LogP contribution in [0.25, 0.3) is 10.9 Å². The molecule has 0 aliphatic rings. The van der Waals surface area contributed by atoms with Gasteiger partial charge in [0.05, 0.1) is 12.6 Å². The van der Waals surface area contributed by atoms with Crippen molar-refractivity contribution < 1.29 is 14.3 Å². The third-order valence-corrected chi connectivity index (χ3v) is 2.16. The number of aromatic nitrogens is 1. The molecule has 0 saturated heterocycles. The highest BCUT2D eigenvalue weighted by molar-refractivity contribution is 5.80. The van der Waals surface area contributed by atoms with E-state index in [4.69, 9.17) is 4.74 Å². The largest absolute Gasteiger partial charge is 0.482 e. The predicted molar refractivity (Wildman–Crippen MR) is 59.3 cm³/mol. The molecule has 4 heteroatoms. The number of hydrogen-bond acceptors (Lipinski definition) is 4. The van der Waals surface area contributed by atoms with Gasteiger partial charge in [0, 0.05) is 11.6 Å². The average molecular weight is 217 g/mol. The molecule has 0 aliphatic carbocycles. The van der Waals surface area contributed by atoms with Crippen molar-refractivity contribution in [3.05, 3.63) is 36.5 Å². The Morgan fingerprint density at radius 3 is 3.06 bits per heavy atom. The molecule has 0 unspecified atom stereocenters. The van der Waals surface area contributed by atoms with Gasteiger partial charge < -0.3 is 9.47 Å². The quantitative estimate of drug-likeness (QED) is 0.735. The Labute approximate surface area is 92.8 Å². The molecule has 82 valence electrons. The van der Waals surface area contributed by atoms with E-state index >= 15 is 0 Å². The highest BCUT2D eigenvalue weighted by Crippen LogP contribution is 2.18. The van der Waals surface area contributed by atoms with Gasteiger partial charge in [-0.25, -0.2) is 4.79 Å². The van der Waals surface area contributed by atoms with Gasteiger partial charge in [0.25, 0.3) is 0 Å². The molecular formula is C12H11NO3. The van der Waals surface area contributed by atoms with E-state index < -0.39 is 5.97 Å². The Kier molecular flexibility index (Phi) is 3.00. The van der Waals surface area contributed by atoms with Crippen LogP contribution in [0.2, 0.25) is 0 Å². The van der Waals surface area contributed by atoms with Crippen LogP contribution in [-0.2, 0) is 9.53 Å². The van der Waals surface area contributed by atoms with Gasteiger partial charge in [-0.15, -0.1) is 0 Å². The van der Waals surface area contributed by atoms with Crippen LogP contribution in [0.3, 0.4) is 0 Å². The summed E-state index contributed by atoms with van der Waals surface area (Å²) in [6, 6.07) is 9.26. The molecule has 0 N–H and O–H groups in total. The lowest BCUT2D eigenvalue weighted by Gasteiger charge is -2.05. The predicted octanol–water partition coefficient (Wildman–Crippen LogP) is 1.79. The van der Waals surface area contributed by atoms with E-state index in [-0.39, 0.29) is 6.61 Å². The summed E-state index contributed by atoms with van der Waals surface area (Å²) in [6.07, 6.45) is 1.73. The molecular weight excluding hydrogens is 206 g/mol. The Balaban J connectivity index is 2.16. The third-order valence-electron chi connectivity index (χ3n) is 2.16. The van der Waals surface area contributed by atoms with E-state index in [0.717, 1.165) is 10.9 Å². The van der Waals surface area contributed by atoms with Crippen molar-refractivity contribution in [2.75, 3.05) is 13.7 Å². The van der Waals surface area contributed by atoms with Gasteiger partial charge in [0.1, 0.15) is 5.75 Å². The van der Waals surface area contributed by atoms with Crippen molar-refractivity contribution in [3.63, 3.8) is 0 Å². The number of ether oxygens (including phenoxy) is 2. The number of fused-ring (bicyclic) bond motifs is 1. The summed E-state index contributed by atoms with van der Waals surface area (Å²) in [7, 11) is 1.33. The molecule has 1 aromatic carbocycles. The van der Waals surface area contributed by atoms with Gasteiger partial charge >= 0.3 is 5.97 Å². The molecule has 4 nitrogen and oxygen atoms in total. The second kappa shape index (κ2) is 4.61. The molecule has 0 spiro atoms. The van der Waals surface area contributed by atoms with Crippen LogP contribution in [0.1, 0.15) is 0 Å². The van der Waals surface area contributed by atoms with Gasteiger partial charge in [-0.1, -0.05) is 6.07 Å². The van der Waals surface area contributed by atoms with E-state index in [2.05, 4.69) is 9.72 Å². The van der Waals surface area contributed by atoms with Crippen molar-refractivity contribution >= 4 is 16.9 Å². The lowest BCUT2D eigenvalue weighted by Crippen LogP contribution is -2.12. The van der Waals surface area contributed by atoms with E-state index in [1.54, 1.807) is 12.3 Å². The molecule has 0 atom stereocenters. The topological polar surface area (TPSA) is 48.4 Å². The summed E-state index contributed by atoms with van der Waals surface area (Å²) in [6.45, 7) is -0.0811. The molecule has 0 radical (unpaired) electrons. The molecule has 1 aromatic heterocycles. The second-order valence-corrected chi connectivity index (χ2v) is 3.22. The van der Waals surface area contributed by atoms with Gasteiger partial charge in [-0.2, -0.15) is 0 Å². The molecule has 16 heavy (non-hydrogen) atoms. The molecule has 0 saturated carbocycles. The van der Waals surface area contributed by atoms with Crippen molar-refractivity contribution in [1.82, 2.24) is 4.98 Å². The minimum absolute atomic E-state index is 0.0811. The van der Waals surface area contributed by atoms with Crippen LogP contribution in [0, 0.1) is 0 Å². The molecule has 2 rings (SSSR count). The molecule has 0 fully saturated rings. The summed E-state index contributed by atoms with van der Waals surface area (Å²) >= 11 is 0. The zero-order valence-electron chi connectivity index (χ0n) is 8.84. The molecule has 2 aromatic rings. The molecule has 0 bridgehead atoms. The standard InChI is InChI=1S/C12H11NO3/c1-15-12(14)8-16-10-4-5-11-9(7-10)3-2-6-13-11/h2-7H,8H2,1H3. The first kappa shape index (κ1) is 10.4. The average Bonchev–Trinajstić information content (AvgIpc) is 2.35. The van der Waals surface area contributed by atoms with Crippen LogP contribution in [-0.4, -0.2) is 24.7 Å². The smallest absolute Gasteiger partial charge is 0.343 e. The van der Waals surface area contributed by atoms with Gasteiger partial charge in [-0.05, 0) is 24.3 Å². The lowest BCUT2D eigenvalue weighted by molar-refractivity contribution is -0.142.